The highest BCUT2D eigenvalue weighted by molar-refractivity contribution is 5.78. The van der Waals surface area contributed by atoms with Crippen LogP contribution in [0.25, 0.3) is 0 Å². The largest absolute Gasteiger partial charge is 0.351 e. The lowest BCUT2D eigenvalue weighted by atomic mass is 10.2. The van der Waals surface area contributed by atoms with E-state index in [-0.39, 0.29) is 18.7 Å². The molecule has 0 radical (unpaired) electrons. The van der Waals surface area contributed by atoms with Crippen LogP contribution < -0.4 is 5.32 Å². The maximum absolute atomic E-state index is 11.0. The number of carbonyl (C=O) groups excluding carboxylic acids is 1. The summed E-state index contributed by atoms with van der Waals surface area (Å²) >= 11 is 0. The first kappa shape index (κ1) is 11.7. The molecule has 1 aromatic carbocycles. The third-order valence-corrected chi connectivity index (χ3v) is 1.90. The van der Waals surface area contributed by atoms with Crippen molar-refractivity contribution in [1.82, 2.24) is 5.32 Å². The smallest absolute Gasteiger partial charge is 0.274 e. The first-order valence-corrected chi connectivity index (χ1v) is 4.51. The van der Waals surface area contributed by atoms with E-state index in [2.05, 4.69) is 5.32 Å². The van der Waals surface area contributed by atoms with Crippen LogP contribution in [0.4, 0.5) is 5.69 Å². The average molecular weight is 219 g/mol. The molecule has 1 aromatic rings. The van der Waals surface area contributed by atoms with Crippen LogP contribution in [0.5, 0.6) is 0 Å². The van der Waals surface area contributed by atoms with Gasteiger partial charge in [-0.2, -0.15) is 5.26 Å². The van der Waals surface area contributed by atoms with Crippen molar-refractivity contribution < 1.29 is 9.72 Å². The third-order valence-electron chi connectivity index (χ3n) is 1.90. The van der Waals surface area contributed by atoms with E-state index in [0.29, 0.717) is 5.56 Å². The van der Waals surface area contributed by atoms with Gasteiger partial charge < -0.3 is 5.32 Å². The van der Waals surface area contributed by atoms with Crippen LogP contribution in [0.3, 0.4) is 0 Å². The number of benzene rings is 1. The number of hydrogen-bond acceptors (Lipinski definition) is 4. The lowest BCUT2D eigenvalue weighted by molar-refractivity contribution is -0.385. The molecule has 0 aliphatic heterocycles. The molecule has 0 bridgehead atoms. The molecule has 6 nitrogen and oxygen atoms in total. The number of hydrogen-bond donors (Lipinski definition) is 1. The fourth-order valence-corrected chi connectivity index (χ4v) is 1.17. The van der Waals surface area contributed by atoms with E-state index in [9.17, 15) is 14.9 Å². The van der Waals surface area contributed by atoms with Gasteiger partial charge in [0.1, 0.15) is 6.42 Å². The molecule has 0 saturated heterocycles. The highest BCUT2D eigenvalue weighted by atomic mass is 16.6. The number of nitro groups is 1. The Kier molecular flexibility index (Phi) is 3.98. The summed E-state index contributed by atoms with van der Waals surface area (Å²) in [5, 5.41) is 21.3. The lowest BCUT2D eigenvalue weighted by Crippen LogP contribution is -2.22. The van der Waals surface area contributed by atoms with Crippen molar-refractivity contribution in [2.75, 3.05) is 0 Å². The summed E-state index contributed by atoms with van der Waals surface area (Å²) < 4.78 is 0. The molecule has 6 heteroatoms. The van der Waals surface area contributed by atoms with Gasteiger partial charge in [-0.05, 0) is 0 Å². The van der Waals surface area contributed by atoms with Crippen LogP contribution in [0, 0.1) is 21.4 Å². The topological polar surface area (TPSA) is 96.0 Å². The quantitative estimate of drug-likeness (QED) is 0.606. The molecule has 82 valence electrons. The average Bonchev–Trinajstić information content (AvgIpc) is 2.27. The van der Waals surface area contributed by atoms with Crippen molar-refractivity contribution in [3.63, 3.8) is 0 Å². The van der Waals surface area contributed by atoms with E-state index in [0.717, 1.165) is 0 Å². The van der Waals surface area contributed by atoms with Crippen LogP contribution in [-0.2, 0) is 11.3 Å². The zero-order chi connectivity index (χ0) is 12.0. The van der Waals surface area contributed by atoms with E-state index in [1.807, 2.05) is 0 Å². The number of carbonyl (C=O) groups is 1. The normalized spacial score (nSPS) is 9.19. The molecule has 0 aliphatic rings. The molecular formula is C10H9N3O3. The van der Waals surface area contributed by atoms with Crippen LogP contribution in [0.15, 0.2) is 24.3 Å². The van der Waals surface area contributed by atoms with Gasteiger partial charge in [-0.1, -0.05) is 18.2 Å². The molecule has 0 heterocycles. The number of rotatable bonds is 4. The summed E-state index contributed by atoms with van der Waals surface area (Å²) in [6.45, 7) is 0.0532. The van der Waals surface area contributed by atoms with Crippen molar-refractivity contribution in [3.05, 3.63) is 39.9 Å². The molecule has 0 fully saturated rings. The SMILES string of the molecule is N#CCC(=O)NCc1ccccc1[N+](=O)[O-]. The standard InChI is InChI=1S/C10H9N3O3/c11-6-5-10(14)12-7-8-3-1-2-4-9(8)13(15)16/h1-4H,5,7H2,(H,12,14). The minimum atomic E-state index is -0.508. The predicted octanol–water partition coefficient (Wildman–Crippen LogP) is 1.12. The molecular weight excluding hydrogens is 210 g/mol. The van der Waals surface area contributed by atoms with Crippen LogP contribution in [-0.4, -0.2) is 10.8 Å². The monoisotopic (exact) mass is 219 g/mol. The van der Waals surface area contributed by atoms with Gasteiger partial charge in [-0.3, -0.25) is 14.9 Å². The Bertz CT molecular complexity index is 451. The first-order chi connectivity index (χ1) is 7.65. The molecule has 0 unspecified atom stereocenters. The summed E-state index contributed by atoms with van der Waals surface area (Å²) in [6.07, 6.45) is -0.249. The zero-order valence-electron chi connectivity index (χ0n) is 8.34. The molecule has 1 rings (SSSR count). The second-order valence-electron chi connectivity index (χ2n) is 3.00. The minimum Gasteiger partial charge on any atom is -0.351 e. The first-order valence-electron chi connectivity index (χ1n) is 4.51. The second kappa shape index (κ2) is 5.46. The van der Waals surface area contributed by atoms with Crippen LogP contribution >= 0.6 is 0 Å². The van der Waals surface area contributed by atoms with Crippen molar-refractivity contribution in [1.29, 1.82) is 5.26 Å². The number of nitrogens with zero attached hydrogens (tertiary/aromatic N) is 2. The zero-order valence-corrected chi connectivity index (χ0v) is 8.34. The Morgan fingerprint density at radius 1 is 1.50 bits per heavy atom. The Labute approximate surface area is 91.6 Å². The van der Waals surface area contributed by atoms with Gasteiger partial charge in [0.2, 0.25) is 5.91 Å². The lowest BCUT2D eigenvalue weighted by Gasteiger charge is -2.03. The number of nitro benzene ring substituents is 1. The molecule has 16 heavy (non-hydrogen) atoms. The molecule has 0 aromatic heterocycles. The summed E-state index contributed by atoms with van der Waals surface area (Å²) in [4.78, 5) is 21.1. The summed E-state index contributed by atoms with van der Waals surface area (Å²) in [5.41, 5.74) is 0.374. The van der Waals surface area contributed by atoms with Gasteiger partial charge in [0.25, 0.3) is 5.69 Å². The Hall–Kier alpha value is -2.42. The van der Waals surface area contributed by atoms with E-state index in [1.54, 1.807) is 24.3 Å². The molecule has 0 spiro atoms. The maximum atomic E-state index is 11.0. The molecule has 1 N–H and O–H groups in total. The van der Waals surface area contributed by atoms with Crippen LogP contribution in [0.1, 0.15) is 12.0 Å². The molecule has 0 aliphatic carbocycles. The summed E-state index contributed by atoms with van der Waals surface area (Å²) in [6, 6.07) is 7.83. The van der Waals surface area contributed by atoms with Crippen molar-refractivity contribution in [2.45, 2.75) is 13.0 Å². The highest BCUT2D eigenvalue weighted by Gasteiger charge is 2.12. The molecule has 1 amide bonds. The van der Waals surface area contributed by atoms with Crippen molar-refractivity contribution >= 4 is 11.6 Å². The van der Waals surface area contributed by atoms with Gasteiger partial charge >= 0.3 is 0 Å². The molecule has 0 atom stereocenters. The van der Waals surface area contributed by atoms with Gasteiger partial charge in [0.05, 0.1) is 11.0 Å². The summed E-state index contributed by atoms with van der Waals surface area (Å²) in [5.74, 6) is -0.444. The van der Waals surface area contributed by atoms with Gasteiger partial charge in [0.15, 0.2) is 0 Å². The summed E-state index contributed by atoms with van der Waals surface area (Å²) in [7, 11) is 0. The number of para-hydroxylation sites is 1. The number of amides is 1. The fraction of sp³-hybridized carbons (Fsp3) is 0.200. The van der Waals surface area contributed by atoms with Gasteiger partial charge in [-0.15, -0.1) is 0 Å². The van der Waals surface area contributed by atoms with E-state index in [4.69, 9.17) is 5.26 Å². The van der Waals surface area contributed by atoms with E-state index >= 15 is 0 Å². The van der Waals surface area contributed by atoms with E-state index < -0.39 is 10.8 Å². The Morgan fingerprint density at radius 2 is 2.19 bits per heavy atom. The van der Waals surface area contributed by atoms with Gasteiger partial charge in [-0.25, -0.2) is 0 Å². The second-order valence-corrected chi connectivity index (χ2v) is 3.00. The van der Waals surface area contributed by atoms with Gasteiger partial charge in [0, 0.05) is 18.2 Å². The predicted molar refractivity (Wildman–Crippen MR) is 55.2 cm³/mol. The maximum Gasteiger partial charge on any atom is 0.274 e. The van der Waals surface area contributed by atoms with Crippen LogP contribution in [0.2, 0.25) is 0 Å². The van der Waals surface area contributed by atoms with E-state index in [1.165, 1.54) is 6.07 Å². The van der Waals surface area contributed by atoms with Crippen molar-refractivity contribution in [3.8, 4) is 6.07 Å². The number of nitrogens with one attached hydrogen (secondary N) is 1. The van der Waals surface area contributed by atoms with Crippen molar-refractivity contribution in [2.24, 2.45) is 0 Å². The number of nitriles is 1. The molecule has 0 saturated carbocycles. The third kappa shape index (κ3) is 3.06. The highest BCUT2D eigenvalue weighted by Crippen LogP contribution is 2.16. The Morgan fingerprint density at radius 3 is 2.81 bits per heavy atom. The minimum absolute atomic E-state index is 0.0419. The Balaban J connectivity index is 2.71. The fourth-order valence-electron chi connectivity index (χ4n) is 1.17.